The minimum Gasteiger partial charge on any atom is -0.480 e. The second-order valence-electron chi connectivity index (χ2n) is 5.55. The topological polar surface area (TPSA) is 63.3 Å². The van der Waals surface area contributed by atoms with Gasteiger partial charge in [-0.15, -0.1) is 0 Å². The number of rotatable bonds is 7. The number of halogens is 1. The molecule has 0 spiro atoms. The van der Waals surface area contributed by atoms with Gasteiger partial charge < -0.3 is 10.8 Å². The minimum atomic E-state index is -1.16. The van der Waals surface area contributed by atoms with Gasteiger partial charge in [0.15, 0.2) is 0 Å². The van der Waals surface area contributed by atoms with Crippen LogP contribution in [-0.4, -0.2) is 16.6 Å². The van der Waals surface area contributed by atoms with Crippen LogP contribution in [-0.2, 0) is 11.2 Å². The molecule has 0 unspecified atom stereocenters. The average Bonchev–Trinajstić information content (AvgIpc) is 2.31. The highest BCUT2D eigenvalue weighted by Gasteiger charge is 2.29. The van der Waals surface area contributed by atoms with Crippen LogP contribution in [0.15, 0.2) is 24.3 Å². The standard InChI is InChI=1S/C15H22FNO2/c1-11(10-15(2,17)14(18)19)4-3-5-12-6-8-13(16)9-7-12/h6-9,11H,3-5,10,17H2,1-2H3,(H,18,19)/t11-,15+/m0/s1. The third-order valence-electron chi connectivity index (χ3n) is 3.34. The van der Waals surface area contributed by atoms with E-state index < -0.39 is 11.5 Å². The molecule has 3 N–H and O–H groups in total. The number of carboxylic acid groups (broad SMARTS) is 1. The van der Waals surface area contributed by atoms with Crippen LogP contribution in [0.4, 0.5) is 4.39 Å². The van der Waals surface area contributed by atoms with Crippen molar-refractivity contribution in [3.05, 3.63) is 35.6 Å². The predicted octanol–water partition coefficient (Wildman–Crippen LogP) is 2.98. The second kappa shape index (κ2) is 6.66. The summed E-state index contributed by atoms with van der Waals surface area (Å²) in [6.45, 7) is 3.56. The molecule has 1 rings (SSSR count). The predicted molar refractivity (Wildman–Crippen MR) is 73.3 cm³/mol. The van der Waals surface area contributed by atoms with Gasteiger partial charge in [-0.1, -0.05) is 25.5 Å². The average molecular weight is 267 g/mol. The summed E-state index contributed by atoms with van der Waals surface area (Å²) in [5.74, 6) is -0.929. The molecule has 0 aliphatic heterocycles. The number of benzene rings is 1. The molecule has 106 valence electrons. The van der Waals surface area contributed by atoms with Gasteiger partial charge in [-0.2, -0.15) is 0 Å². The van der Waals surface area contributed by atoms with E-state index in [1.165, 1.54) is 12.1 Å². The first-order chi connectivity index (χ1) is 8.81. The molecule has 1 aromatic carbocycles. The summed E-state index contributed by atoms with van der Waals surface area (Å²) >= 11 is 0. The molecule has 0 aliphatic rings. The lowest BCUT2D eigenvalue weighted by molar-refractivity contribution is -0.143. The number of hydrogen-bond acceptors (Lipinski definition) is 2. The highest BCUT2D eigenvalue weighted by molar-refractivity contribution is 5.77. The lowest BCUT2D eigenvalue weighted by atomic mass is 9.87. The molecule has 0 saturated carbocycles. The molecule has 1 aromatic rings. The van der Waals surface area contributed by atoms with Crippen molar-refractivity contribution >= 4 is 5.97 Å². The van der Waals surface area contributed by atoms with Crippen molar-refractivity contribution in [2.75, 3.05) is 0 Å². The van der Waals surface area contributed by atoms with Crippen molar-refractivity contribution in [3.8, 4) is 0 Å². The number of nitrogens with two attached hydrogens (primary N) is 1. The largest absolute Gasteiger partial charge is 0.480 e. The van der Waals surface area contributed by atoms with Crippen LogP contribution in [0.2, 0.25) is 0 Å². The van der Waals surface area contributed by atoms with Gasteiger partial charge in [-0.05, 0) is 49.8 Å². The molecular weight excluding hydrogens is 245 g/mol. The summed E-state index contributed by atoms with van der Waals surface area (Å²) in [4.78, 5) is 10.9. The van der Waals surface area contributed by atoms with E-state index in [1.807, 2.05) is 6.92 Å². The highest BCUT2D eigenvalue weighted by Crippen LogP contribution is 2.20. The van der Waals surface area contributed by atoms with E-state index >= 15 is 0 Å². The van der Waals surface area contributed by atoms with E-state index in [-0.39, 0.29) is 11.7 Å². The van der Waals surface area contributed by atoms with Crippen molar-refractivity contribution in [2.24, 2.45) is 11.7 Å². The maximum Gasteiger partial charge on any atom is 0.323 e. The minimum absolute atomic E-state index is 0.225. The van der Waals surface area contributed by atoms with Gasteiger partial charge in [-0.25, -0.2) is 4.39 Å². The van der Waals surface area contributed by atoms with E-state index in [0.717, 1.165) is 24.8 Å². The van der Waals surface area contributed by atoms with E-state index in [2.05, 4.69) is 0 Å². The highest BCUT2D eigenvalue weighted by atomic mass is 19.1. The Morgan fingerprint density at radius 1 is 1.42 bits per heavy atom. The first kappa shape index (κ1) is 15.6. The number of carboxylic acids is 1. The zero-order valence-corrected chi connectivity index (χ0v) is 11.5. The molecule has 0 aromatic heterocycles. The first-order valence-corrected chi connectivity index (χ1v) is 6.58. The fourth-order valence-corrected chi connectivity index (χ4v) is 2.22. The van der Waals surface area contributed by atoms with Gasteiger partial charge >= 0.3 is 5.97 Å². The van der Waals surface area contributed by atoms with Crippen molar-refractivity contribution in [3.63, 3.8) is 0 Å². The summed E-state index contributed by atoms with van der Waals surface area (Å²) in [7, 11) is 0. The molecule has 3 nitrogen and oxygen atoms in total. The van der Waals surface area contributed by atoms with Gasteiger partial charge in [0.1, 0.15) is 11.4 Å². The van der Waals surface area contributed by atoms with Crippen LogP contribution in [0, 0.1) is 11.7 Å². The summed E-state index contributed by atoms with van der Waals surface area (Å²) in [5.41, 5.74) is 5.66. The molecule has 4 heteroatoms. The quantitative estimate of drug-likeness (QED) is 0.798. The number of hydrogen-bond donors (Lipinski definition) is 2. The Labute approximate surface area is 113 Å². The van der Waals surface area contributed by atoms with Crippen LogP contribution >= 0.6 is 0 Å². The zero-order valence-electron chi connectivity index (χ0n) is 11.5. The van der Waals surface area contributed by atoms with Gasteiger partial charge in [0.25, 0.3) is 0 Å². The van der Waals surface area contributed by atoms with Crippen LogP contribution in [0.1, 0.15) is 38.7 Å². The van der Waals surface area contributed by atoms with Crippen LogP contribution < -0.4 is 5.73 Å². The molecule has 0 heterocycles. The lowest BCUT2D eigenvalue weighted by Crippen LogP contribution is -2.46. The summed E-state index contributed by atoms with van der Waals surface area (Å²) in [5, 5.41) is 8.96. The van der Waals surface area contributed by atoms with E-state index in [1.54, 1.807) is 19.1 Å². The van der Waals surface area contributed by atoms with E-state index in [4.69, 9.17) is 10.8 Å². The van der Waals surface area contributed by atoms with Crippen molar-refractivity contribution in [1.29, 1.82) is 0 Å². The van der Waals surface area contributed by atoms with Gasteiger partial charge in [0.05, 0.1) is 0 Å². The van der Waals surface area contributed by atoms with Crippen molar-refractivity contribution < 1.29 is 14.3 Å². The number of aliphatic carboxylic acids is 1. The SMILES string of the molecule is C[C@@H](CCCc1ccc(F)cc1)C[C@@](C)(N)C(=O)O. The van der Waals surface area contributed by atoms with E-state index in [0.29, 0.717) is 6.42 Å². The van der Waals surface area contributed by atoms with Crippen LogP contribution in [0.3, 0.4) is 0 Å². The van der Waals surface area contributed by atoms with Crippen molar-refractivity contribution in [1.82, 2.24) is 0 Å². The Bertz CT molecular complexity index is 415. The van der Waals surface area contributed by atoms with Crippen LogP contribution in [0.25, 0.3) is 0 Å². The Hall–Kier alpha value is -1.42. The smallest absolute Gasteiger partial charge is 0.323 e. The van der Waals surface area contributed by atoms with Crippen molar-refractivity contribution in [2.45, 2.75) is 45.1 Å². The maximum atomic E-state index is 12.7. The molecule has 0 saturated heterocycles. The molecular formula is C15H22FNO2. The Morgan fingerprint density at radius 3 is 2.53 bits per heavy atom. The third-order valence-corrected chi connectivity index (χ3v) is 3.34. The zero-order chi connectivity index (χ0) is 14.5. The maximum absolute atomic E-state index is 12.7. The van der Waals surface area contributed by atoms with Crippen LogP contribution in [0.5, 0.6) is 0 Å². The summed E-state index contributed by atoms with van der Waals surface area (Å²) in [6.07, 6.45) is 3.20. The second-order valence-corrected chi connectivity index (χ2v) is 5.55. The summed E-state index contributed by atoms with van der Waals surface area (Å²) < 4.78 is 12.7. The Morgan fingerprint density at radius 2 is 2.00 bits per heavy atom. The Balaban J connectivity index is 2.33. The van der Waals surface area contributed by atoms with Gasteiger partial charge in [0.2, 0.25) is 0 Å². The van der Waals surface area contributed by atoms with Gasteiger partial charge in [-0.3, -0.25) is 4.79 Å². The molecule has 0 aliphatic carbocycles. The Kier molecular flexibility index (Phi) is 5.48. The lowest BCUT2D eigenvalue weighted by Gasteiger charge is -2.23. The fraction of sp³-hybridized carbons (Fsp3) is 0.533. The number of carbonyl (C=O) groups is 1. The molecule has 0 fully saturated rings. The molecule has 0 radical (unpaired) electrons. The third kappa shape index (κ3) is 5.39. The molecule has 0 bridgehead atoms. The first-order valence-electron chi connectivity index (χ1n) is 6.58. The monoisotopic (exact) mass is 267 g/mol. The molecule has 2 atom stereocenters. The normalized spacial score (nSPS) is 15.8. The molecule has 0 amide bonds. The fourth-order valence-electron chi connectivity index (χ4n) is 2.22. The summed E-state index contributed by atoms with van der Waals surface area (Å²) in [6, 6.07) is 6.48. The molecule has 19 heavy (non-hydrogen) atoms. The number of aryl methyl sites for hydroxylation is 1. The van der Waals surface area contributed by atoms with E-state index in [9.17, 15) is 9.18 Å². The van der Waals surface area contributed by atoms with Gasteiger partial charge in [0, 0.05) is 0 Å².